The molecule has 0 aliphatic carbocycles. The van der Waals surface area contributed by atoms with Gasteiger partial charge >= 0.3 is 0 Å². The molecule has 0 aromatic carbocycles. The van der Waals surface area contributed by atoms with Crippen molar-refractivity contribution in [1.29, 1.82) is 0 Å². The minimum Gasteiger partial charge on any atom is -0.292 e. The van der Waals surface area contributed by atoms with Gasteiger partial charge in [-0.15, -0.1) is 0 Å². The number of ketones is 1. The van der Waals surface area contributed by atoms with E-state index in [4.69, 9.17) is 0 Å². The highest BCUT2D eigenvalue weighted by Gasteiger charge is 2.44. The van der Waals surface area contributed by atoms with Crippen molar-refractivity contribution in [2.75, 3.05) is 7.05 Å². The Kier molecular flexibility index (Phi) is 3.60. The van der Waals surface area contributed by atoms with Gasteiger partial charge in [0.05, 0.1) is 0 Å². The van der Waals surface area contributed by atoms with E-state index in [-0.39, 0.29) is 17.9 Å². The topological polar surface area (TPSA) is 20.3 Å². The highest BCUT2D eigenvalue weighted by molar-refractivity contribution is 7.08. The van der Waals surface area contributed by atoms with Gasteiger partial charge in [-0.25, -0.2) is 0 Å². The van der Waals surface area contributed by atoms with Crippen molar-refractivity contribution in [3.63, 3.8) is 0 Å². The SMILES string of the molecule is CN1C2CCC1/C(=C\c1ccsc1)C(=O)/C2=C\c1ccsc1. The van der Waals surface area contributed by atoms with Gasteiger partial charge in [0.2, 0.25) is 0 Å². The molecule has 2 aromatic rings. The Morgan fingerprint density at radius 2 is 1.50 bits per heavy atom. The number of hydrogen-bond donors (Lipinski definition) is 0. The highest BCUT2D eigenvalue weighted by atomic mass is 32.1. The van der Waals surface area contributed by atoms with Crippen molar-refractivity contribution in [3.05, 3.63) is 55.9 Å². The van der Waals surface area contributed by atoms with Gasteiger partial charge in [0.25, 0.3) is 0 Å². The second-order valence-electron chi connectivity index (χ2n) is 5.92. The standard InChI is InChI=1S/C18H17NOS2/c1-19-16-2-3-17(19)15(9-13-5-7-22-11-13)18(20)14(16)8-12-4-6-21-10-12/h4-11,16-17H,2-3H2,1H3/b14-8-,15-9+. The first kappa shape index (κ1) is 14.1. The third-order valence-corrected chi connectivity index (χ3v) is 6.07. The minimum absolute atomic E-state index is 0.239. The molecule has 112 valence electrons. The molecular weight excluding hydrogens is 310 g/mol. The van der Waals surface area contributed by atoms with Crippen molar-refractivity contribution in [2.24, 2.45) is 0 Å². The number of piperidine rings is 1. The minimum atomic E-state index is 0.239. The predicted octanol–water partition coefficient (Wildman–Crippen LogP) is 4.32. The van der Waals surface area contributed by atoms with Gasteiger partial charge in [0, 0.05) is 23.2 Å². The molecule has 4 heteroatoms. The van der Waals surface area contributed by atoms with Crippen LogP contribution in [0, 0.1) is 0 Å². The van der Waals surface area contributed by atoms with Crippen LogP contribution in [0.3, 0.4) is 0 Å². The zero-order valence-electron chi connectivity index (χ0n) is 12.4. The number of rotatable bonds is 2. The first-order chi connectivity index (χ1) is 10.7. The maximum atomic E-state index is 13.0. The smallest absolute Gasteiger partial charge is 0.188 e. The molecule has 2 fully saturated rings. The summed E-state index contributed by atoms with van der Waals surface area (Å²) in [6.07, 6.45) is 6.32. The second-order valence-corrected chi connectivity index (χ2v) is 7.48. The summed E-state index contributed by atoms with van der Waals surface area (Å²) in [5.41, 5.74) is 4.19. The Morgan fingerprint density at radius 3 is 1.91 bits per heavy atom. The summed E-state index contributed by atoms with van der Waals surface area (Å²) in [6, 6.07) is 4.71. The molecule has 0 N–H and O–H groups in total. The number of carbonyl (C=O) groups is 1. The number of nitrogens with zero attached hydrogens (tertiary/aromatic N) is 1. The zero-order chi connectivity index (χ0) is 15.1. The highest BCUT2D eigenvalue weighted by Crippen LogP contribution is 2.40. The monoisotopic (exact) mass is 327 g/mol. The van der Waals surface area contributed by atoms with Gasteiger partial charge in [0.1, 0.15) is 0 Å². The lowest BCUT2D eigenvalue weighted by atomic mass is 9.89. The molecule has 4 heterocycles. The van der Waals surface area contributed by atoms with E-state index in [9.17, 15) is 4.79 Å². The first-order valence-corrected chi connectivity index (χ1v) is 9.37. The van der Waals surface area contributed by atoms with Crippen LogP contribution in [0.25, 0.3) is 12.2 Å². The molecule has 4 rings (SSSR count). The van der Waals surface area contributed by atoms with E-state index in [0.717, 1.165) is 35.1 Å². The molecule has 2 aliphatic heterocycles. The summed E-state index contributed by atoms with van der Waals surface area (Å²) in [7, 11) is 2.15. The molecule has 2 unspecified atom stereocenters. The van der Waals surface area contributed by atoms with Gasteiger partial charge in [0.15, 0.2) is 5.78 Å². The Labute approximate surface area is 138 Å². The summed E-state index contributed by atoms with van der Waals surface area (Å²) in [6.45, 7) is 0. The van der Waals surface area contributed by atoms with Gasteiger partial charge < -0.3 is 0 Å². The van der Waals surface area contributed by atoms with E-state index >= 15 is 0 Å². The van der Waals surface area contributed by atoms with Crippen molar-refractivity contribution >= 4 is 40.6 Å². The predicted molar refractivity (Wildman–Crippen MR) is 94.2 cm³/mol. The Hall–Kier alpha value is -1.49. The van der Waals surface area contributed by atoms with E-state index in [0.29, 0.717) is 0 Å². The van der Waals surface area contributed by atoms with Crippen LogP contribution in [0.5, 0.6) is 0 Å². The van der Waals surface area contributed by atoms with Crippen LogP contribution in [0.2, 0.25) is 0 Å². The van der Waals surface area contributed by atoms with Crippen LogP contribution in [0.1, 0.15) is 24.0 Å². The molecule has 2 aromatic heterocycles. The average Bonchev–Trinajstić information content (AvgIpc) is 3.22. The van der Waals surface area contributed by atoms with E-state index in [1.807, 2.05) is 0 Å². The number of thiophene rings is 2. The van der Waals surface area contributed by atoms with Crippen molar-refractivity contribution in [2.45, 2.75) is 24.9 Å². The molecule has 0 saturated carbocycles. The van der Waals surface area contributed by atoms with E-state index < -0.39 is 0 Å². The van der Waals surface area contributed by atoms with Crippen LogP contribution >= 0.6 is 22.7 Å². The van der Waals surface area contributed by atoms with Crippen molar-refractivity contribution in [1.82, 2.24) is 4.90 Å². The van der Waals surface area contributed by atoms with Crippen LogP contribution < -0.4 is 0 Å². The fraction of sp³-hybridized carbons (Fsp3) is 0.278. The van der Waals surface area contributed by atoms with Crippen LogP contribution in [0.4, 0.5) is 0 Å². The molecule has 2 saturated heterocycles. The third-order valence-electron chi connectivity index (χ3n) is 4.67. The molecule has 2 bridgehead atoms. The molecule has 2 atom stereocenters. The lowest BCUT2D eigenvalue weighted by Crippen LogP contribution is -2.43. The van der Waals surface area contributed by atoms with Crippen molar-refractivity contribution < 1.29 is 4.79 Å². The van der Waals surface area contributed by atoms with E-state index in [2.05, 4.69) is 57.8 Å². The summed E-state index contributed by atoms with van der Waals surface area (Å²) < 4.78 is 0. The Bertz CT molecular complexity index is 678. The van der Waals surface area contributed by atoms with Gasteiger partial charge in [-0.2, -0.15) is 22.7 Å². The molecule has 2 aliphatic rings. The van der Waals surface area contributed by atoms with Crippen LogP contribution in [0.15, 0.2) is 44.8 Å². The average molecular weight is 327 g/mol. The number of fused-ring (bicyclic) bond motifs is 2. The fourth-order valence-corrected chi connectivity index (χ4v) is 4.79. The molecular formula is C18H17NOS2. The van der Waals surface area contributed by atoms with Gasteiger partial charge in [-0.1, -0.05) is 0 Å². The second kappa shape index (κ2) is 5.61. The number of carbonyl (C=O) groups excluding carboxylic acids is 1. The number of likely N-dealkylation sites (N-methyl/N-ethyl adjacent to an activating group) is 1. The molecule has 0 radical (unpaired) electrons. The Morgan fingerprint density at radius 1 is 1.00 bits per heavy atom. The quantitative estimate of drug-likeness (QED) is 0.766. The largest absolute Gasteiger partial charge is 0.292 e. The maximum Gasteiger partial charge on any atom is 0.188 e. The first-order valence-electron chi connectivity index (χ1n) is 7.48. The molecule has 0 spiro atoms. The molecule has 2 nitrogen and oxygen atoms in total. The van der Waals surface area contributed by atoms with Crippen LogP contribution in [-0.2, 0) is 4.79 Å². The normalized spacial score (nSPS) is 28.9. The zero-order valence-corrected chi connectivity index (χ0v) is 14.0. The van der Waals surface area contributed by atoms with E-state index in [1.165, 1.54) is 0 Å². The summed E-state index contributed by atoms with van der Waals surface area (Å²) >= 11 is 3.34. The summed E-state index contributed by atoms with van der Waals surface area (Å²) in [5, 5.41) is 8.32. The third kappa shape index (κ3) is 2.32. The van der Waals surface area contributed by atoms with Crippen molar-refractivity contribution in [3.8, 4) is 0 Å². The van der Waals surface area contributed by atoms with Crippen LogP contribution in [-0.4, -0.2) is 29.8 Å². The molecule has 0 amide bonds. The van der Waals surface area contributed by atoms with E-state index in [1.54, 1.807) is 22.7 Å². The fourth-order valence-electron chi connectivity index (χ4n) is 3.56. The maximum absolute atomic E-state index is 13.0. The lowest BCUT2D eigenvalue weighted by Gasteiger charge is -2.34. The summed E-state index contributed by atoms with van der Waals surface area (Å²) in [4.78, 5) is 15.4. The summed E-state index contributed by atoms with van der Waals surface area (Å²) in [5.74, 6) is 0.239. The number of hydrogen-bond acceptors (Lipinski definition) is 4. The Balaban J connectivity index is 1.79. The lowest BCUT2D eigenvalue weighted by molar-refractivity contribution is -0.114. The number of Topliss-reactive ketones (excluding diaryl/α,β-unsaturated/α-hetero) is 1. The van der Waals surface area contributed by atoms with Gasteiger partial charge in [-0.05, 0) is 76.8 Å². The molecule has 22 heavy (non-hydrogen) atoms. The van der Waals surface area contributed by atoms with Gasteiger partial charge in [-0.3, -0.25) is 9.69 Å².